The summed E-state index contributed by atoms with van der Waals surface area (Å²) in [5.74, 6) is 2.48. The zero-order valence-electron chi connectivity index (χ0n) is 17.2. The molecule has 0 radical (unpaired) electrons. The van der Waals surface area contributed by atoms with E-state index in [2.05, 4.69) is 22.3 Å². The van der Waals surface area contributed by atoms with Crippen molar-refractivity contribution in [1.82, 2.24) is 15.4 Å². The molecule has 0 saturated carbocycles. The Balaban J connectivity index is 1.38. The average Bonchev–Trinajstić information content (AvgIpc) is 3.09. The fourth-order valence-corrected chi connectivity index (χ4v) is 4.09. The third kappa shape index (κ3) is 4.40. The molecule has 1 aromatic heterocycles. The van der Waals surface area contributed by atoms with Crippen LogP contribution in [-0.4, -0.2) is 48.8 Å². The third-order valence-electron chi connectivity index (χ3n) is 5.75. The SMILES string of the molecule is CCC1CN(CCNC(=O)c2noc3c2CCCC3)Cc2cc(OC)ccc2O1. The summed E-state index contributed by atoms with van der Waals surface area (Å²) in [7, 11) is 1.67. The van der Waals surface area contributed by atoms with Crippen LogP contribution in [0.25, 0.3) is 0 Å². The molecule has 7 heteroatoms. The number of hydrogen-bond donors (Lipinski definition) is 1. The average molecular weight is 399 g/mol. The Morgan fingerprint density at radius 3 is 3.03 bits per heavy atom. The molecule has 0 saturated heterocycles. The molecule has 0 spiro atoms. The van der Waals surface area contributed by atoms with Crippen LogP contribution < -0.4 is 14.8 Å². The highest BCUT2D eigenvalue weighted by atomic mass is 16.5. The van der Waals surface area contributed by atoms with Gasteiger partial charge in [-0.3, -0.25) is 9.69 Å². The highest BCUT2D eigenvalue weighted by Gasteiger charge is 2.25. The second kappa shape index (κ2) is 8.86. The van der Waals surface area contributed by atoms with Crippen LogP contribution in [0.15, 0.2) is 22.7 Å². The Morgan fingerprint density at radius 2 is 2.21 bits per heavy atom. The fraction of sp³-hybridized carbons (Fsp3) is 0.545. The summed E-state index contributed by atoms with van der Waals surface area (Å²) in [6.45, 7) is 5.01. The molecule has 1 unspecified atom stereocenters. The van der Waals surface area contributed by atoms with Gasteiger partial charge in [0, 0.05) is 43.7 Å². The first-order valence-electron chi connectivity index (χ1n) is 10.5. The quantitative estimate of drug-likeness (QED) is 0.805. The Hall–Kier alpha value is -2.54. The van der Waals surface area contributed by atoms with Crippen molar-refractivity contribution in [2.45, 2.75) is 51.7 Å². The van der Waals surface area contributed by atoms with Crippen molar-refractivity contribution >= 4 is 5.91 Å². The van der Waals surface area contributed by atoms with E-state index in [0.29, 0.717) is 12.2 Å². The summed E-state index contributed by atoms with van der Waals surface area (Å²) in [5, 5.41) is 7.03. The number of carbonyl (C=O) groups excluding carboxylic acids is 1. The van der Waals surface area contributed by atoms with Crippen molar-refractivity contribution in [3.05, 3.63) is 40.8 Å². The lowest BCUT2D eigenvalue weighted by Gasteiger charge is -2.23. The van der Waals surface area contributed by atoms with Gasteiger partial charge in [-0.2, -0.15) is 0 Å². The molecule has 4 rings (SSSR count). The van der Waals surface area contributed by atoms with Crippen molar-refractivity contribution in [3.8, 4) is 11.5 Å². The normalized spacial score (nSPS) is 18.9. The molecule has 1 aliphatic heterocycles. The maximum absolute atomic E-state index is 12.6. The summed E-state index contributed by atoms with van der Waals surface area (Å²) in [6, 6.07) is 5.94. The van der Waals surface area contributed by atoms with Crippen LogP contribution in [-0.2, 0) is 19.4 Å². The Bertz CT molecular complexity index is 864. The number of rotatable bonds is 6. The Labute approximate surface area is 171 Å². The second-order valence-electron chi connectivity index (χ2n) is 7.75. The molecule has 1 atom stereocenters. The summed E-state index contributed by atoms with van der Waals surface area (Å²) < 4.78 is 16.9. The zero-order valence-corrected chi connectivity index (χ0v) is 17.2. The highest BCUT2D eigenvalue weighted by Crippen LogP contribution is 2.29. The third-order valence-corrected chi connectivity index (χ3v) is 5.75. The van der Waals surface area contributed by atoms with Gasteiger partial charge in [0.2, 0.25) is 0 Å². The van der Waals surface area contributed by atoms with Crippen LogP contribution in [0.1, 0.15) is 53.6 Å². The van der Waals surface area contributed by atoms with Gasteiger partial charge in [0.15, 0.2) is 5.69 Å². The lowest BCUT2D eigenvalue weighted by Crippen LogP contribution is -2.38. The Morgan fingerprint density at radius 1 is 1.34 bits per heavy atom. The van der Waals surface area contributed by atoms with Crippen LogP contribution in [0.4, 0.5) is 0 Å². The van der Waals surface area contributed by atoms with Crippen molar-refractivity contribution in [1.29, 1.82) is 0 Å². The second-order valence-corrected chi connectivity index (χ2v) is 7.75. The largest absolute Gasteiger partial charge is 0.497 e. The monoisotopic (exact) mass is 399 g/mol. The molecule has 2 aliphatic rings. The maximum Gasteiger partial charge on any atom is 0.273 e. The van der Waals surface area contributed by atoms with Crippen LogP contribution in [0.3, 0.4) is 0 Å². The molecule has 2 aromatic rings. The fourth-order valence-electron chi connectivity index (χ4n) is 4.09. The van der Waals surface area contributed by atoms with E-state index in [9.17, 15) is 4.79 Å². The van der Waals surface area contributed by atoms with Gasteiger partial charge in [-0.25, -0.2) is 0 Å². The smallest absolute Gasteiger partial charge is 0.273 e. The van der Waals surface area contributed by atoms with E-state index in [-0.39, 0.29) is 12.0 Å². The van der Waals surface area contributed by atoms with Gasteiger partial charge in [-0.15, -0.1) is 0 Å². The molecule has 1 N–H and O–H groups in total. The molecule has 29 heavy (non-hydrogen) atoms. The first-order valence-corrected chi connectivity index (χ1v) is 10.5. The topological polar surface area (TPSA) is 76.8 Å². The molecule has 7 nitrogen and oxygen atoms in total. The maximum atomic E-state index is 12.6. The molecule has 0 fully saturated rings. The van der Waals surface area contributed by atoms with E-state index in [1.807, 2.05) is 18.2 Å². The van der Waals surface area contributed by atoms with Gasteiger partial charge in [0.05, 0.1) is 7.11 Å². The van der Waals surface area contributed by atoms with Crippen LogP contribution in [0.2, 0.25) is 0 Å². The van der Waals surface area contributed by atoms with Gasteiger partial charge in [-0.05, 0) is 43.9 Å². The van der Waals surface area contributed by atoms with E-state index in [4.69, 9.17) is 14.0 Å². The minimum Gasteiger partial charge on any atom is -0.497 e. The van der Waals surface area contributed by atoms with Crippen molar-refractivity contribution < 1.29 is 18.8 Å². The van der Waals surface area contributed by atoms with E-state index in [1.165, 1.54) is 0 Å². The number of benzene rings is 1. The first-order chi connectivity index (χ1) is 14.2. The van der Waals surface area contributed by atoms with E-state index < -0.39 is 0 Å². The number of amides is 1. The number of aryl methyl sites for hydroxylation is 1. The van der Waals surface area contributed by atoms with Gasteiger partial charge < -0.3 is 19.3 Å². The van der Waals surface area contributed by atoms with Gasteiger partial charge >= 0.3 is 0 Å². The van der Waals surface area contributed by atoms with Gasteiger partial charge in [-0.1, -0.05) is 12.1 Å². The minimum atomic E-state index is -0.142. The molecular weight excluding hydrogens is 370 g/mol. The molecule has 2 heterocycles. The first kappa shape index (κ1) is 19.8. The molecular formula is C22H29N3O4. The number of hydrogen-bond acceptors (Lipinski definition) is 6. The van der Waals surface area contributed by atoms with Gasteiger partial charge in [0.1, 0.15) is 23.4 Å². The van der Waals surface area contributed by atoms with E-state index >= 15 is 0 Å². The van der Waals surface area contributed by atoms with Crippen molar-refractivity contribution in [2.24, 2.45) is 0 Å². The predicted molar refractivity (Wildman–Crippen MR) is 108 cm³/mol. The molecule has 1 aromatic carbocycles. The van der Waals surface area contributed by atoms with Crippen molar-refractivity contribution in [2.75, 3.05) is 26.7 Å². The number of ether oxygens (including phenoxy) is 2. The van der Waals surface area contributed by atoms with Gasteiger partial charge in [0.25, 0.3) is 5.91 Å². The Kier molecular flexibility index (Phi) is 6.04. The lowest BCUT2D eigenvalue weighted by atomic mass is 9.96. The van der Waals surface area contributed by atoms with Crippen LogP contribution in [0, 0.1) is 0 Å². The lowest BCUT2D eigenvalue weighted by molar-refractivity contribution is 0.0933. The summed E-state index contributed by atoms with van der Waals surface area (Å²) in [4.78, 5) is 14.9. The summed E-state index contributed by atoms with van der Waals surface area (Å²) in [5.41, 5.74) is 2.56. The number of fused-ring (bicyclic) bond motifs is 2. The number of nitrogens with zero attached hydrogens (tertiary/aromatic N) is 2. The molecule has 156 valence electrons. The number of carbonyl (C=O) groups is 1. The number of methoxy groups -OCH3 is 1. The summed E-state index contributed by atoms with van der Waals surface area (Å²) >= 11 is 0. The van der Waals surface area contributed by atoms with Crippen LogP contribution >= 0.6 is 0 Å². The van der Waals surface area contributed by atoms with Crippen molar-refractivity contribution in [3.63, 3.8) is 0 Å². The number of nitrogens with one attached hydrogen (secondary N) is 1. The molecule has 1 amide bonds. The standard InChI is InChI=1S/C22H29N3O4/c1-3-16-14-25(13-15-12-17(27-2)8-9-19(15)28-16)11-10-23-22(26)21-18-6-4-5-7-20(18)29-24-21/h8-9,12,16H,3-7,10-11,13-14H2,1-2H3,(H,23,26). The van der Waals surface area contributed by atoms with E-state index in [1.54, 1.807) is 7.11 Å². The van der Waals surface area contributed by atoms with E-state index in [0.717, 1.165) is 80.1 Å². The van der Waals surface area contributed by atoms with Crippen LogP contribution in [0.5, 0.6) is 11.5 Å². The highest BCUT2D eigenvalue weighted by molar-refractivity contribution is 5.93. The number of aromatic nitrogens is 1. The summed E-state index contributed by atoms with van der Waals surface area (Å²) in [6.07, 6.45) is 5.00. The minimum absolute atomic E-state index is 0.128. The predicted octanol–water partition coefficient (Wildman–Crippen LogP) is 2.97. The zero-order chi connectivity index (χ0) is 20.2. The molecule has 1 aliphatic carbocycles. The molecule has 0 bridgehead atoms.